The molecule has 4 rings (SSSR count). The van der Waals surface area contributed by atoms with Crippen molar-refractivity contribution < 1.29 is 0 Å². The molecule has 0 saturated carbocycles. The van der Waals surface area contributed by atoms with Gasteiger partial charge < -0.3 is 10.6 Å². The van der Waals surface area contributed by atoms with Gasteiger partial charge in [-0.1, -0.05) is 47.5 Å². The lowest BCUT2D eigenvalue weighted by atomic mass is 10.2. The van der Waals surface area contributed by atoms with Crippen LogP contribution in [0.2, 0.25) is 10.0 Å². The third-order valence-corrected chi connectivity index (χ3v) is 5.20. The Bertz CT molecular complexity index is 1150. The molecule has 0 atom stereocenters. The van der Waals surface area contributed by atoms with E-state index in [1.54, 1.807) is 10.9 Å². The molecule has 6 nitrogen and oxygen atoms in total. The first-order chi connectivity index (χ1) is 13.5. The molecule has 8 heteroatoms. The molecule has 142 valence electrons. The molecular formula is C20H18Cl2N6. The predicted molar refractivity (Wildman–Crippen MR) is 115 cm³/mol. The molecular weight excluding hydrogens is 395 g/mol. The average Bonchev–Trinajstić information content (AvgIpc) is 3.05. The highest BCUT2D eigenvalue weighted by Crippen LogP contribution is 2.27. The van der Waals surface area contributed by atoms with Crippen LogP contribution in [0, 0.1) is 6.92 Å². The number of rotatable bonds is 5. The second-order valence-electron chi connectivity index (χ2n) is 6.44. The smallest absolute Gasteiger partial charge is 0.227 e. The molecule has 0 spiro atoms. The summed E-state index contributed by atoms with van der Waals surface area (Å²) in [6.07, 6.45) is 1.74. The van der Waals surface area contributed by atoms with E-state index in [4.69, 9.17) is 23.2 Å². The normalized spacial score (nSPS) is 11.0. The number of anilines is 3. The molecule has 0 aliphatic carbocycles. The molecule has 2 aromatic heterocycles. The van der Waals surface area contributed by atoms with Gasteiger partial charge in [-0.15, -0.1) is 0 Å². The molecule has 2 aromatic carbocycles. The lowest BCUT2D eigenvalue weighted by molar-refractivity contribution is 0.785. The van der Waals surface area contributed by atoms with Crippen LogP contribution in [0.4, 0.5) is 17.5 Å². The van der Waals surface area contributed by atoms with Gasteiger partial charge in [0.05, 0.1) is 11.6 Å². The Morgan fingerprint density at radius 1 is 1.04 bits per heavy atom. The maximum absolute atomic E-state index is 6.25. The van der Waals surface area contributed by atoms with E-state index in [0.29, 0.717) is 28.4 Å². The SMILES string of the molecule is Cc1ccc(Nc2nc(NCc3ccccc3Cl)nc3c2cnn3C)cc1Cl. The summed E-state index contributed by atoms with van der Waals surface area (Å²) in [7, 11) is 1.85. The molecule has 0 fully saturated rings. The number of hydrogen-bond donors (Lipinski definition) is 2. The molecule has 0 saturated heterocycles. The Hall–Kier alpha value is -2.83. The number of nitrogens with one attached hydrogen (secondary N) is 2. The fourth-order valence-electron chi connectivity index (χ4n) is 2.82. The van der Waals surface area contributed by atoms with E-state index in [1.165, 1.54) is 0 Å². The Morgan fingerprint density at radius 3 is 2.64 bits per heavy atom. The zero-order valence-electron chi connectivity index (χ0n) is 15.4. The van der Waals surface area contributed by atoms with Crippen molar-refractivity contribution in [1.29, 1.82) is 0 Å². The zero-order chi connectivity index (χ0) is 19.7. The summed E-state index contributed by atoms with van der Waals surface area (Å²) in [5.41, 5.74) is 3.55. The van der Waals surface area contributed by atoms with Crippen molar-refractivity contribution in [3.63, 3.8) is 0 Å². The van der Waals surface area contributed by atoms with Crippen LogP contribution < -0.4 is 10.6 Å². The van der Waals surface area contributed by atoms with Gasteiger partial charge in [-0.3, -0.25) is 4.68 Å². The van der Waals surface area contributed by atoms with Crippen LogP contribution in [0.3, 0.4) is 0 Å². The highest BCUT2D eigenvalue weighted by atomic mass is 35.5. The lowest BCUT2D eigenvalue weighted by Gasteiger charge is -2.11. The van der Waals surface area contributed by atoms with E-state index in [2.05, 4.69) is 25.7 Å². The van der Waals surface area contributed by atoms with E-state index in [1.807, 2.05) is 56.4 Å². The van der Waals surface area contributed by atoms with Gasteiger partial charge in [-0.05, 0) is 36.2 Å². The molecule has 0 aliphatic rings. The summed E-state index contributed by atoms with van der Waals surface area (Å²) in [4.78, 5) is 9.22. The molecule has 0 unspecified atom stereocenters. The third kappa shape index (κ3) is 3.74. The van der Waals surface area contributed by atoms with Crippen molar-refractivity contribution in [2.45, 2.75) is 13.5 Å². The predicted octanol–water partition coefficient (Wildman–Crippen LogP) is 5.33. The number of benzene rings is 2. The van der Waals surface area contributed by atoms with Gasteiger partial charge in [0, 0.05) is 29.3 Å². The van der Waals surface area contributed by atoms with Crippen molar-refractivity contribution in [2.75, 3.05) is 10.6 Å². The number of halogens is 2. The van der Waals surface area contributed by atoms with E-state index >= 15 is 0 Å². The van der Waals surface area contributed by atoms with Crippen molar-refractivity contribution in [2.24, 2.45) is 7.05 Å². The Balaban J connectivity index is 1.67. The largest absolute Gasteiger partial charge is 0.350 e. The first-order valence-corrected chi connectivity index (χ1v) is 9.47. The second-order valence-corrected chi connectivity index (χ2v) is 7.25. The van der Waals surface area contributed by atoms with Gasteiger partial charge in [-0.25, -0.2) is 0 Å². The van der Waals surface area contributed by atoms with Crippen LogP contribution in [0.5, 0.6) is 0 Å². The van der Waals surface area contributed by atoms with Gasteiger partial charge in [0.25, 0.3) is 0 Å². The number of aryl methyl sites for hydroxylation is 2. The van der Waals surface area contributed by atoms with Crippen LogP contribution in [0.25, 0.3) is 11.0 Å². The minimum atomic E-state index is 0.483. The van der Waals surface area contributed by atoms with Crippen molar-refractivity contribution in [3.8, 4) is 0 Å². The maximum atomic E-state index is 6.25. The summed E-state index contributed by atoms with van der Waals surface area (Å²) in [6.45, 7) is 2.48. The molecule has 0 radical (unpaired) electrons. The minimum Gasteiger partial charge on any atom is -0.350 e. The number of nitrogens with zero attached hydrogens (tertiary/aromatic N) is 4. The van der Waals surface area contributed by atoms with E-state index in [9.17, 15) is 0 Å². The Labute approximate surface area is 172 Å². The van der Waals surface area contributed by atoms with Gasteiger partial charge in [0.1, 0.15) is 5.82 Å². The summed E-state index contributed by atoms with van der Waals surface area (Å²) in [5.74, 6) is 1.14. The van der Waals surface area contributed by atoms with Gasteiger partial charge in [0.15, 0.2) is 5.65 Å². The molecule has 0 amide bonds. The fourth-order valence-corrected chi connectivity index (χ4v) is 3.20. The van der Waals surface area contributed by atoms with E-state index in [-0.39, 0.29) is 0 Å². The minimum absolute atomic E-state index is 0.483. The van der Waals surface area contributed by atoms with Crippen LogP contribution in [0.1, 0.15) is 11.1 Å². The first-order valence-electron chi connectivity index (χ1n) is 8.71. The number of fused-ring (bicyclic) bond motifs is 1. The average molecular weight is 413 g/mol. The lowest BCUT2D eigenvalue weighted by Crippen LogP contribution is -2.07. The zero-order valence-corrected chi connectivity index (χ0v) is 16.9. The van der Waals surface area contributed by atoms with Crippen LogP contribution in [0.15, 0.2) is 48.7 Å². The van der Waals surface area contributed by atoms with Gasteiger partial charge in [-0.2, -0.15) is 15.1 Å². The fraction of sp³-hybridized carbons (Fsp3) is 0.150. The summed E-state index contributed by atoms with van der Waals surface area (Å²) in [6, 6.07) is 13.5. The molecule has 0 aliphatic heterocycles. The monoisotopic (exact) mass is 412 g/mol. The Morgan fingerprint density at radius 2 is 1.86 bits per heavy atom. The number of aromatic nitrogens is 4. The van der Waals surface area contributed by atoms with Crippen molar-refractivity contribution in [1.82, 2.24) is 19.7 Å². The van der Waals surface area contributed by atoms with Crippen LogP contribution in [-0.4, -0.2) is 19.7 Å². The van der Waals surface area contributed by atoms with Gasteiger partial charge >= 0.3 is 0 Å². The summed E-state index contributed by atoms with van der Waals surface area (Å²) in [5, 5.41) is 13.1. The standard InChI is InChI=1S/C20H18Cl2N6/c1-12-7-8-14(9-17(12)22)25-18-15-11-24-28(2)19(15)27-20(26-18)23-10-13-5-3-4-6-16(13)21/h3-9,11H,10H2,1-2H3,(H2,23,25,26,27). The molecule has 2 N–H and O–H groups in total. The molecule has 0 bridgehead atoms. The van der Waals surface area contributed by atoms with E-state index < -0.39 is 0 Å². The van der Waals surface area contributed by atoms with Crippen LogP contribution in [-0.2, 0) is 13.6 Å². The topological polar surface area (TPSA) is 67.7 Å². The quantitative estimate of drug-likeness (QED) is 0.463. The molecule has 2 heterocycles. The second kappa shape index (κ2) is 7.66. The highest BCUT2D eigenvalue weighted by molar-refractivity contribution is 6.31. The molecule has 4 aromatic rings. The van der Waals surface area contributed by atoms with Crippen molar-refractivity contribution >= 4 is 51.7 Å². The number of hydrogen-bond acceptors (Lipinski definition) is 5. The summed E-state index contributed by atoms with van der Waals surface area (Å²) < 4.78 is 1.71. The highest BCUT2D eigenvalue weighted by Gasteiger charge is 2.13. The maximum Gasteiger partial charge on any atom is 0.227 e. The molecule has 28 heavy (non-hydrogen) atoms. The van der Waals surface area contributed by atoms with Crippen molar-refractivity contribution in [3.05, 3.63) is 69.8 Å². The first kappa shape index (κ1) is 18.5. The third-order valence-electron chi connectivity index (χ3n) is 4.42. The van der Waals surface area contributed by atoms with E-state index in [0.717, 1.165) is 27.8 Å². The Kier molecular flexibility index (Phi) is 5.07. The van der Waals surface area contributed by atoms with Crippen LogP contribution >= 0.6 is 23.2 Å². The summed E-state index contributed by atoms with van der Waals surface area (Å²) >= 11 is 12.5. The van der Waals surface area contributed by atoms with Gasteiger partial charge in [0.2, 0.25) is 5.95 Å².